The van der Waals surface area contributed by atoms with Crippen molar-refractivity contribution in [3.8, 4) is 11.5 Å². The third-order valence-corrected chi connectivity index (χ3v) is 8.53. The van der Waals surface area contributed by atoms with E-state index >= 15 is 0 Å². The highest BCUT2D eigenvalue weighted by molar-refractivity contribution is 7.91. The quantitative estimate of drug-likeness (QED) is 0.718. The molecule has 1 aliphatic heterocycles. The van der Waals surface area contributed by atoms with Gasteiger partial charge in [0.1, 0.15) is 15.7 Å². The van der Waals surface area contributed by atoms with E-state index in [2.05, 4.69) is 12.2 Å². The predicted octanol–water partition coefficient (Wildman–Crippen LogP) is 3.12. The largest absolute Gasteiger partial charge is 0.497 e. The highest BCUT2D eigenvalue weighted by Gasteiger charge is 2.29. The van der Waals surface area contributed by atoms with Gasteiger partial charge in [0.05, 0.1) is 19.1 Å². The van der Waals surface area contributed by atoms with E-state index < -0.39 is 10.0 Å². The third-order valence-electron chi connectivity index (χ3n) is 5.08. The molecular weight excluding hydrogens is 412 g/mol. The lowest BCUT2D eigenvalue weighted by atomic mass is 10.0. The molecule has 1 aromatic carbocycles. The molecule has 0 aliphatic carbocycles. The summed E-state index contributed by atoms with van der Waals surface area (Å²) >= 11 is 1.00. The molecule has 9 heteroatoms. The molecule has 2 aromatic rings. The number of methoxy groups -OCH3 is 2. The second kappa shape index (κ2) is 9.15. The van der Waals surface area contributed by atoms with Gasteiger partial charge in [0.25, 0.3) is 15.9 Å². The molecule has 1 amide bonds. The zero-order valence-electron chi connectivity index (χ0n) is 16.8. The first-order valence-electron chi connectivity index (χ1n) is 9.44. The van der Waals surface area contributed by atoms with Crippen LogP contribution < -0.4 is 14.8 Å². The SMILES string of the molecule is COc1ccc(CNC(=O)c2ccc(S(=O)(=O)N3CCC(C)CC3)s2)c(OC)c1. The van der Waals surface area contributed by atoms with Gasteiger partial charge in [0.15, 0.2) is 0 Å². The topological polar surface area (TPSA) is 84.9 Å². The summed E-state index contributed by atoms with van der Waals surface area (Å²) in [4.78, 5) is 12.9. The maximum Gasteiger partial charge on any atom is 0.261 e. The molecule has 2 heterocycles. The molecule has 0 radical (unpaired) electrons. The molecule has 0 bridgehead atoms. The van der Waals surface area contributed by atoms with Gasteiger partial charge < -0.3 is 14.8 Å². The van der Waals surface area contributed by atoms with Gasteiger partial charge in [-0.15, -0.1) is 11.3 Å². The van der Waals surface area contributed by atoms with E-state index in [-0.39, 0.29) is 16.7 Å². The van der Waals surface area contributed by atoms with Crippen molar-refractivity contribution in [2.75, 3.05) is 27.3 Å². The van der Waals surface area contributed by atoms with Crippen molar-refractivity contribution >= 4 is 27.3 Å². The molecule has 1 N–H and O–H groups in total. The summed E-state index contributed by atoms with van der Waals surface area (Å²) in [7, 11) is -0.420. The van der Waals surface area contributed by atoms with E-state index in [1.54, 1.807) is 32.4 Å². The van der Waals surface area contributed by atoms with Gasteiger partial charge in [-0.3, -0.25) is 4.79 Å². The van der Waals surface area contributed by atoms with Gasteiger partial charge in [-0.1, -0.05) is 6.92 Å². The molecule has 1 fully saturated rings. The van der Waals surface area contributed by atoms with Gasteiger partial charge >= 0.3 is 0 Å². The molecule has 29 heavy (non-hydrogen) atoms. The lowest BCUT2D eigenvalue weighted by Gasteiger charge is -2.28. The van der Waals surface area contributed by atoms with Crippen LogP contribution in [0.15, 0.2) is 34.5 Å². The van der Waals surface area contributed by atoms with Crippen molar-refractivity contribution in [3.05, 3.63) is 40.8 Å². The lowest BCUT2D eigenvalue weighted by molar-refractivity contribution is 0.0954. The van der Waals surface area contributed by atoms with Crippen molar-refractivity contribution in [1.29, 1.82) is 0 Å². The number of piperidine rings is 1. The first-order chi connectivity index (χ1) is 13.8. The van der Waals surface area contributed by atoms with Crippen molar-refractivity contribution in [1.82, 2.24) is 9.62 Å². The molecule has 1 aliphatic rings. The van der Waals surface area contributed by atoms with Crippen molar-refractivity contribution in [2.24, 2.45) is 5.92 Å². The summed E-state index contributed by atoms with van der Waals surface area (Å²) in [5, 5.41) is 2.82. The Morgan fingerprint density at radius 3 is 2.55 bits per heavy atom. The number of amides is 1. The number of ether oxygens (including phenoxy) is 2. The fourth-order valence-corrected chi connectivity index (χ4v) is 6.04. The van der Waals surface area contributed by atoms with Crippen LogP contribution in [0.25, 0.3) is 0 Å². The van der Waals surface area contributed by atoms with E-state index in [1.165, 1.54) is 10.4 Å². The first kappa shape index (κ1) is 21.6. The molecule has 0 saturated carbocycles. The first-order valence-corrected chi connectivity index (χ1v) is 11.7. The van der Waals surface area contributed by atoms with E-state index in [9.17, 15) is 13.2 Å². The van der Waals surface area contributed by atoms with Crippen LogP contribution in [0.5, 0.6) is 11.5 Å². The molecule has 0 atom stereocenters. The standard InChI is InChI=1S/C20H26N2O5S2/c1-14-8-10-22(11-9-14)29(24,25)19-7-6-18(28-19)20(23)21-13-15-4-5-16(26-2)12-17(15)27-3/h4-7,12,14H,8-11,13H2,1-3H3,(H,21,23). The fraction of sp³-hybridized carbons (Fsp3) is 0.450. The summed E-state index contributed by atoms with van der Waals surface area (Å²) in [5.41, 5.74) is 0.800. The van der Waals surface area contributed by atoms with E-state index in [0.717, 1.165) is 29.7 Å². The fourth-order valence-electron chi connectivity index (χ4n) is 3.19. The minimum atomic E-state index is -3.55. The summed E-state index contributed by atoms with van der Waals surface area (Å²) in [5.74, 6) is 1.50. The van der Waals surface area contributed by atoms with Gasteiger partial charge in [-0.05, 0) is 43.0 Å². The number of hydrogen-bond acceptors (Lipinski definition) is 6. The average molecular weight is 439 g/mol. The molecule has 1 aromatic heterocycles. The van der Waals surface area contributed by atoms with Crippen LogP contribution in [0.1, 0.15) is 35.0 Å². The van der Waals surface area contributed by atoms with Crippen LogP contribution in [0.2, 0.25) is 0 Å². The number of carbonyl (C=O) groups excluding carboxylic acids is 1. The van der Waals surface area contributed by atoms with Gasteiger partial charge in [-0.2, -0.15) is 4.31 Å². The third kappa shape index (κ3) is 4.91. The van der Waals surface area contributed by atoms with Crippen LogP contribution in [0, 0.1) is 5.92 Å². The number of thiophene rings is 1. The monoisotopic (exact) mass is 438 g/mol. The minimum absolute atomic E-state index is 0.208. The highest BCUT2D eigenvalue weighted by atomic mass is 32.2. The van der Waals surface area contributed by atoms with Crippen LogP contribution in [0.3, 0.4) is 0 Å². The zero-order valence-corrected chi connectivity index (χ0v) is 18.4. The number of hydrogen-bond donors (Lipinski definition) is 1. The Morgan fingerprint density at radius 2 is 1.90 bits per heavy atom. The molecule has 0 spiro atoms. The van der Waals surface area contributed by atoms with E-state index in [4.69, 9.17) is 9.47 Å². The second-order valence-electron chi connectivity index (χ2n) is 7.07. The lowest BCUT2D eigenvalue weighted by Crippen LogP contribution is -2.37. The van der Waals surface area contributed by atoms with E-state index in [1.807, 2.05) is 6.07 Å². The normalized spacial score (nSPS) is 15.8. The molecule has 7 nitrogen and oxygen atoms in total. The smallest absolute Gasteiger partial charge is 0.261 e. The predicted molar refractivity (Wildman–Crippen MR) is 112 cm³/mol. The number of nitrogens with one attached hydrogen (secondary N) is 1. The number of sulfonamides is 1. The molecule has 0 unspecified atom stereocenters. The zero-order chi connectivity index (χ0) is 21.0. The van der Waals surface area contributed by atoms with Crippen molar-refractivity contribution in [2.45, 2.75) is 30.5 Å². The molecule has 1 saturated heterocycles. The average Bonchev–Trinajstić information content (AvgIpc) is 3.23. The van der Waals surface area contributed by atoms with Crippen molar-refractivity contribution < 1.29 is 22.7 Å². The van der Waals surface area contributed by atoms with Crippen molar-refractivity contribution in [3.63, 3.8) is 0 Å². The second-order valence-corrected chi connectivity index (χ2v) is 10.3. The van der Waals surface area contributed by atoms with Crippen LogP contribution in [-0.2, 0) is 16.6 Å². The Balaban J connectivity index is 1.67. The number of rotatable bonds is 7. The Hall–Kier alpha value is -2.10. The Kier molecular flexibility index (Phi) is 6.81. The molecule has 158 valence electrons. The Labute approximate surface area is 175 Å². The number of benzene rings is 1. The van der Waals surface area contributed by atoms with E-state index in [0.29, 0.717) is 35.4 Å². The maximum atomic E-state index is 12.8. The molecular formula is C20H26N2O5S2. The molecule has 3 rings (SSSR count). The summed E-state index contributed by atoms with van der Waals surface area (Å²) < 4.78 is 37.9. The maximum absolute atomic E-state index is 12.8. The van der Waals surface area contributed by atoms with Gasteiger partial charge in [0, 0.05) is 31.3 Å². The summed E-state index contributed by atoms with van der Waals surface area (Å²) in [6.45, 7) is 3.45. The Morgan fingerprint density at radius 1 is 1.17 bits per heavy atom. The van der Waals surface area contributed by atoms with Gasteiger partial charge in [-0.25, -0.2) is 8.42 Å². The summed E-state index contributed by atoms with van der Waals surface area (Å²) in [6.07, 6.45) is 1.73. The number of carbonyl (C=O) groups is 1. The van der Waals surface area contributed by atoms with Gasteiger partial charge in [0.2, 0.25) is 0 Å². The van der Waals surface area contributed by atoms with Crippen LogP contribution in [0.4, 0.5) is 0 Å². The minimum Gasteiger partial charge on any atom is -0.497 e. The number of nitrogens with zero attached hydrogens (tertiary/aromatic N) is 1. The van der Waals surface area contributed by atoms with Crippen LogP contribution in [-0.4, -0.2) is 45.9 Å². The summed E-state index contributed by atoms with van der Waals surface area (Å²) in [6, 6.07) is 8.43. The Bertz CT molecular complexity index is 963. The van der Waals surface area contributed by atoms with Crippen LogP contribution >= 0.6 is 11.3 Å². The highest BCUT2D eigenvalue weighted by Crippen LogP contribution is 2.29.